The van der Waals surface area contributed by atoms with E-state index < -0.39 is 11.9 Å². The molecule has 5 heteroatoms. The smallest absolute Gasteiger partial charge is 0.316 e. The molecule has 0 aromatic heterocycles. The molecule has 2 rings (SSSR count). The molecule has 0 N–H and O–H groups in total. The average Bonchev–Trinajstić information content (AvgIpc) is 2.48. The molecular weight excluding hydrogens is 270 g/mol. The summed E-state index contributed by atoms with van der Waals surface area (Å²) in [5.74, 6) is -2.53. The Morgan fingerprint density at radius 3 is 2.48 bits per heavy atom. The fourth-order valence-electron chi connectivity index (χ4n) is 1.78. The first-order chi connectivity index (χ1) is 10.1. The van der Waals surface area contributed by atoms with Crippen molar-refractivity contribution in [2.75, 3.05) is 0 Å². The van der Waals surface area contributed by atoms with Gasteiger partial charge in [-0.2, -0.15) is 0 Å². The van der Waals surface area contributed by atoms with E-state index in [1.165, 1.54) is 19.1 Å². The topological polar surface area (TPSA) is 72.8 Å². The Labute approximate surface area is 121 Å². The number of ketones is 2. The van der Waals surface area contributed by atoms with Crippen LogP contribution < -0.4 is 0 Å². The zero-order chi connectivity index (χ0) is 15.2. The van der Waals surface area contributed by atoms with Crippen molar-refractivity contribution in [1.82, 2.24) is 0 Å². The molecule has 0 saturated heterocycles. The van der Waals surface area contributed by atoms with E-state index in [1.807, 2.05) is 0 Å². The lowest BCUT2D eigenvalue weighted by Gasteiger charge is -2.08. The van der Waals surface area contributed by atoms with E-state index in [2.05, 4.69) is 5.16 Å². The molecule has 5 nitrogen and oxygen atoms in total. The van der Waals surface area contributed by atoms with Crippen LogP contribution in [-0.2, 0) is 19.2 Å². The number of benzene rings is 1. The molecule has 1 unspecified atom stereocenters. The SMILES string of the molecule is CC(=O)C(=NOC(=O)C1C=CC=CC1=O)c1ccccc1. The molecule has 0 aliphatic heterocycles. The highest BCUT2D eigenvalue weighted by Gasteiger charge is 2.25. The Bertz CT molecular complexity index is 656. The van der Waals surface area contributed by atoms with Crippen LogP contribution in [0.2, 0.25) is 0 Å². The first-order valence-electron chi connectivity index (χ1n) is 6.33. The zero-order valence-corrected chi connectivity index (χ0v) is 11.4. The minimum atomic E-state index is -1.01. The number of hydrogen-bond donors (Lipinski definition) is 0. The van der Waals surface area contributed by atoms with E-state index >= 15 is 0 Å². The summed E-state index contributed by atoms with van der Waals surface area (Å²) < 4.78 is 0. The first kappa shape index (κ1) is 14.6. The van der Waals surface area contributed by atoms with Crippen LogP contribution in [0, 0.1) is 5.92 Å². The molecule has 1 aromatic carbocycles. The van der Waals surface area contributed by atoms with Gasteiger partial charge in [-0.1, -0.05) is 53.7 Å². The van der Waals surface area contributed by atoms with Crippen LogP contribution in [0.5, 0.6) is 0 Å². The lowest BCUT2D eigenvalue weighted by atomic mass is 10.00. The molecule has 1 aliphatic carbocycles. The Morgan fingerprint density at radius 1 is 1.14 bits per heavy atom. The van der Waals surface area contributed by atoms with Gasteiger partial charge in [0.2, 0.25) is 0 Å². The van der Waals surface area contributed by atoms with Crippen LogP contribution in [0.15, 0.2) is 59.8 Å². The van der Waals surface area contributed by atoms with Crippen molar-refractivity contribution < 1.29 is 19.2 Å². The first-order valence-corrected chi connectivity index (χ1v) is 6.33. The van der Waals surface area contributed by atoms with E-state index in [0.29, 0.717) is 5.56 Å². The summed E-state index contributed by atoms with van der Waals surface area (Å²) in [7, 11) is 0. The van der Waals surface area contributed by atoms with Gasteiger partial charge in [0.1, 0.15) is 5.92 Å². The molecule has 0 saturated carbocycles. The van der Waals surface area contributed by atoms with Gasteiger partial charge in [0.15, 0.2) is 17.3 Å². The molecule has 1 aromatic rings. The van der Waals surface area contributed by atoms with Gasteiger partial charge in [0, 0.05) is 12.5 Å². The highest BCUT2D eigenvalue weighted by Crippen LogP contribution is 2.11. The summed E-state index contributed by atoms with van der Waals surface area (Å²) in [6.45, 7) is 1.33. The summed E-state index contributed by atoms with van der Waals surface area (Å²) in [5.41, 5.74) is 0.579. The molecule has 0 radical (unpaired) electrons. The van der Waals surface area contributed by atoms with Gasteiger partial charge in [-0.15, -0.1) is 0 Å². The van der Waals surface area contributed by atoms with E-state index in [4.69, 9.17) is 4.84 Å². The van der Waals surface area contributed by atoms with Crippen molar-refractivity contribution in [2.45, 2.75) is 6.92 Å². The number of carbonyl (C=O) groups is 3. The molecule has 21 heavy (non-hydrogen) atoms. The molecule has 0 fully saturated rings. The van der Waals surface area contributed by atoms with Gasteiger partial charge in [0.05, 0.1) is 0 Å². The summed E-state index contributed by atoms with van der Waals surface area (Å²) in [6, 6.07) is 8.65. The average molecular weight is 283 g/mol. The maximum atomic E-state index is 11.8. The third kappa shape index (κ3) is 3.60. The highest BCUT2D eigenvalue weighted by molar-refractivity contribution is 6.45. The lowest BCUT2D eigenvalue weighted by molar-refractivity contribution is -0.149. The maximum Gasteiger partial charge on any atom is 0.349 e. The van der Waals surface area contributed by atoms with E-state index in [-0.39, 0.29) is 17.3 Å². The van der Waals surface area contributed by atoms with E-state index in [1.54, 1.807) is 42.5 Å². The second kappa shape index (κ2) is 6.56. The van der Waals surface area contributed by atoms with Crippen LogP contribution in [0.3, 0.4) is 0 Å². The van der Waals surface area contributed by atoms with Crippen molar-refractivity contribution in [3.63, 3.8) is 0 Å². The fourth-order valence-corrected chi connectivity index (χ4v) is 1.78. The van der Waals surface area contributed by atoms with Gasteiger partial charge in [-0.3, -0.25) is 9.59 Å². The normalized spacial score (nSPS) is 17.7. The number of nitrogens with zero attached hydrogens (tertiary/aromatic N) is 1. The van der Waals surface area contributed by atoms with E-state index in [0.717, 1.165) is 0 Å². The molecular formula is C16H13NO4. The minimum absolute atomic E-state index is 0.0340. The number of hydrogen-bond acceptors (Lipinski definition) is 5. The quantitative estimate of drug-likeness (QED) is 0.366. The van der Waals surface area contributed by atoms with E-state index in [9.17, 15) is 14.4 Å². The van der Waals surface area contributed by atoms with Gasteiger partial charge in [-0.25, -0.2) is 4.79 Å². The number of oxime groups is 1. The fraction of sp³-hybridized carbons (Fsp3) is 0.125. The Kier molecular flexibility index (Phi) is 4.56. The Balaban J connectivity index is 2.16. The monoisotopic (exact) mass is 283 g/mol. The van der Waals surface area contributed by atoms with Crippen LogP contribution >= 0.6 is 0 Å². The second-order valence-electron chi connectivity index (χ2n) is 4.40. The maximum absolute atomic E-state index is 11.8. The zero-order valence-electron chi connectivity index (χ0n) is 11.4. The third-order valence-electron chi connectivity index (χ3n) is 2.84. The standard InChI is InChI=1S/C16H13NO4/c1-11(18)15(12-7-3-2-4-8-12)17-21-16(20)13-9-5-6-10-14(13)19/h2-10,13H,1H3. The lowest BCUT2D eigenvalue weighted by Crippen LogP contribution is -2.24. The van der Waals surface area contributed by atoms with Crippen LogP contribution in [-0.4, -0.2) is 23.2 Å². The van der Waals surface area contributed by atoms with Crippen molar-refractivity contribution in [3.8, 4) is 0 Å². The van der Waals surface area contributed by atoms with Crippen molar-refractivity contribution in [1.29, 1.82) is 0 Å². The molecule has 1 atom stereocenters. The Morgan fingerprint density at radius 2 is 1.86 bits per heavy atom. The summed E-state index contributed by atoms with van der Waals surface area (Å²) in [4.78, 5) is 39.7. The molecule has 0 heterocycles. The van der Waals surface area contributed by atoms with Crippen LogP contribution in [0.25, 0.3) is 0 Å². The summed E-state index contributed by atoms with van der Waals surface area (Å²) >= 11 is 0. The second-order valence-corrected chi connectivity index (χ2v) is 4.40. The molecule has 0 amide bonds. The van der Waals surface area contributed by atoms with Crippen molar-refractivity contribution in [3.05, 3.63) is 60.2 Å². The van der Waals surface area contributed by atoms with Gasteiger partial charge >= 0.3 is 5.97 Å². The number of rotatable bonds is 4. The third-order valence-corrected chi connectivity index (χ3v) is 2.84. The number of allylic oxidation sites excluding steroid dienone is 3. The predicted molar refractivity (Wildman–Crippen MR) is 76.5 cm³/mol. The largest absolute Gasteiger partial charge is 0.349 e. The molecule has 0 spiro atoms. The Hall–Kier alpha value is -2.82. The summed E-state index contributed by atoms with van der Waals surface area (Å²) in [6.07, 6.45) is 5.84. The predicted octanol–water partition coefficient (Wildman–Crippen LogP) is 1.83. The van der Waals surface area contributed by atoms with Crippen molar-refractivity contribution >= 4 is 23.2 Å². The van der Waals surface area contributed by atoms with Gasteiger partial charge in [0.25, 0.3) is 0 Å². The summed E-state index contributed by atoms with van der Waals surface area (Å²) in [5, 5.41) is 3.61. The van der Waals surface area contributed by atoms with Crippen LogP contribution in [0.1, 0.15) is 12.5 Å². The van der Waals surface area contributed by atoms with Gasteiger partial charge < -0.3 is 4.84 Å². The number of Topliss-reactive ketones (excluding diaryl/α,β-unsaturated/α-hetero) is 1. The molecule has 106 valence electrons. The van der Waals surface area contributed by atoms with Crippen LogP contribution in [0.4, 0.5) is 0 Å². The molecule has 1 aliphatic rings. The van der Waals surface area contributed by atoms with Gasteiger partial charge in [-0.05, 0) is 6.08 Å². The minimum Gasteiger partial charge on any atom is -0.316 e. The highest BCUT2D eigenvalue weighted by atomic mass is 16.7. The molecule has 0 bridgehead atoms. The van der Waals surface area contributed by atoms with Crippen molar-refractivity contribution in [2.24, 2.45) is 11.1 Å². The number of carbonyl (C=O) groups excluding carboxylic acids is 3.